The number of carboxylic acids is 1. The van der Waals surface area contributed by atoms with E-state index in [1.54, 1.807) is 17.0 Å². The predicted octanol–water partition coefficient (Wildman–Crippen LogP) is 3.94. The second-order valence-electron chi connectivity index (χ2n) is 6.02. The maximum atomic E-state index is 13.1. The third-order valence-electron chi connectivity index (χ3n) is 4.28. The summed E-state index contributed by atoms with van der Waals surface area (Å²) in [5.74, 6) is -1.29. The Morgan fingerprint density at radius 1 is 1.33 bits per heavy atom. The van der Waals surface area contributed by atoms with Crippen LogP contribution in [0.4, 0.5) is 4.39 Å². The first-order valence-electron chi connectivity index (χ1n) is 7.85. The summed E-state index contributed by atoms with van der Waals surface area (Å²) in [7, 11) is 0. The number of carboxylic acid groups (broad SMARTS) is 1. The van der Waals surface area contributed by atoms with Crippen LogP contribution in [0.15, 0.2) is 30.3 Å². The number of benzene rings is 1. The summed E-state index contributed by atoms with van der Waals surface area (Å²) in [6.07, 6.45) is 1.55. The number of carbonyl (C=O) groups excluding carboxylic acids is 1. The van der Waals surface area contributed by atoms with Gasteiger partial charge in [-0.25, -0.2) is 4.39 Å². The Labute approximate surface area is 143 Å². The third-order valence-corrected chi connectivity index (χ3v) is 5.56. The Hall–Kier alpha value is -2.21. The average molecular weight is 347 g/mol. The van der Waals surface area contributed by atoms with Gasteiger partial charge in [0.25, 0.3) is 5.91 Å². The van der Waals surface area contributed by atoms with E-state index in [4.69, 9.17) is 5.11 Å². The van der Waals surface area contributed by atoms with Crippen LogP contribution in [0.25, 0.3) is 10.4 Å². The predicted molar refractivity (Wildman–Crippen MR) is 90.8 cm³/mol. The van der Waals surface area contributed by atoms with Crippen molar-refractivity contribution in [2.24, 2.45) is 0 Å². The SMILES string of the molecule is Cc1cc(C(=O)N2CCCC2CC(=O)O)sc1-c1ccc(F)cc1. The van der Waals surface area contributed by atoms with Gasteiger partial charge in [0.05, 0.1) is 11.3 Å². The molecule has 0 saturated carbocycles. The Kier molecular flexibility index (Phi) is 4.66. The number of likely N-dealkylation sites (tertiary alicyclic amines) is 1. The summed E-state index contributed by atoms with van der Waals surface area (Å²) < 4.78 is 13.1. The van der Waals surface area contributed by atoms with Crippen molar-refractivity contribution >= 4 is 23.2 Å². The minimum Gasteiger partial charge on any atom is -0.481 e. The van der Waals surface area contributed by atoms with Crippen LogP contribution in [0.1, 0.15) is 34.5 Å². The van der Waals surface area contributed by atoms with Crippen LogP contribution >= 0.6 is 11.3 Å². The summed E-state index contributed by atoms with van der Waals surface area (Å²) in [6, 6.07) is 7.81. The highest BCUT2D eigenvalue weighted by molar-refractivity contribution is 7.17. The van der Waals surface area contributed by atoms with Crippen molar-refractivity contribution in [3.05, 3.63) is 46.6 Å². The van der Waals surface area contributed by atoms with E-state index in [1.807, 2.05) is 13.0 Å². The molecule has 1 aliphatic heterocycles. The number of halogens is 1. The van der Waals surface area contributed by atoms with E-state index >= 15 is 0 Å². The molecule has 1 aliphatic rings. The molecule has 126 valence electrons. The second-order valence-corrected chi connectivity index (χ2v) is 7.07. The molecule has 1 aromatic carbocycles. The zero-order valence-corrected chi connectivity index (χ0v) is 14.1. The number of amides is 1. The van der Waals surface area contributed by atoms with E-state index in [0.717, 1.165) is 28.8 Å². The lowest BCUT2D eigenvalue weighted by Gasteiger charge is -2.22. The van der Waals surface area contributed by atoms with Gasteiger partial charge in [0, 0.05) is 17.5 Å². The van der Waals surface area contributed by atoms with Gasteiger partial charge in [0.1, 0.15) is 5.82 Å². The van der Waals surface area contributed by atoms with E-state index in [0.29, 0.717) is 11.4 Å². The molecule has 0 bridgehead atoms. The lowest BCUT2D eigenvalue weighted by Crippen LogP contribution is -2.36. The molecule has 0 aliphatic carbocycles. The first kappa shape index (κ1) is 16.6. The van der Waals surface area contributed by atoms with Crippen molar-refractivity contribution in [2.45, 2.75) is 32.2 Å². The number of aliphatic carboxylic acids is 1. The molecule has 4 nitrogen and oxygen atoms in total. The number of carbonyl (C=O) groups is 2. The highest BCUT2D eigenvalue weighted by atomic mass is 32.1. The molecular weight excluding hydrogens is 329 g/mol. The number of thiophene rings is 1. The van der Waals surface area contributed by atoms with Crippen LogP contribution < -0.4 is 0 Å². The standard InChI is InChI=1S/C18H18FNO3S/c1-11-9-15(24-17(11)12-4-6-13(19)7-5-12)18(23)20-8-2-3-14(20)10-16(21)22/h4-7,9,14H,2-3,8,10H2,1H3,(H,21,22). The van der Waals surface area contributed by atoms with Gasteiger partial charge in [-0.1, -0.05) is 12.1 Å². The topological polar surface area (TPSA) is 57.6 Å². The molecule has 3 rings (SSSR count). The van der Waals surface area contributed by atoms with Gasteiger partial charge in [0.15, 0.2) is 0 Å². The van der Waals surface area contributed by atoms with Gasteiger partial charge in [-0.05, 0) is 49.1 Å². The Bertz CT molecular complexity index is 769. The molecule has 1 aromatic heterocycles. The Balaban J connectivity index is 1.85. The highest BCUT2D eigenvalue weighted by Gasteiger charge is 2.32. The molecule has 1 amide bonds. The van der Waals surface area contributed by atoms with Crippen molar-refractivity contribution in [2.75, 3.05) is 6.54 Å². The van der Waals surface area contributed by atoms with E-state index in [1.165, 1.54) is 23.5 Å². The normalized spacial score (nSPS) is 17.2. The smallest absolute Gasteiger partial charge is 0.305 e. The lowest BCUT2D eigenvalue weighted by molar-refractivity contribution is -0.137. The fourth-order valence-corrected chi connectivity index (χ4v) is 4.27. The van der Waals surface area contributed by atoms with Crippen LogP contribution in [0.2, 0.25) is 0 Å². The molecule has 0 spiro atoms. The minimum absolute atomic E-state index is 0.0130. The second kappa shape index (κ2) is 6.73. The molecule has 2 heterocycles. The average Bonchev–Trinajstić information content (AvgIpc) is 3.14. The number of nitrogens with zero attached hydrogens (tertiary/aromatic N) is 1. The van der Waals surface area contributed by atoms with Crippen molar-refractivity contribution in [1.82, 2.24) is 4.90 Å². The van der Waals surface area contributed by atoms with E-state index in [9.17, 15) is 14.0 Å². The lowest BCUT2D eigenvalue weighted by atomic mass is 10.1. The maximum Gasteiger partial charge on any atom is 0.305 e. The van der Waals surface area contributed by atoms with Crippen molar-refractivity contribution < 1.29 is 19.1 Å². The first-order chi connectivity index (χ1) is 11.5. The molecule has 1 unspecified atom stereocenters. The summed E-state index contributed by atoms with van der Waals surface area (Å²) in [5, 5.41) is 9.00. The summed E-state index contributed by atoms with van der Waals surface area (Å²) in [6.45, 7) is 2.52. The summed E-state index contributed by atoms with van der Waals surface area (Å²) >= 11 is 1.37. The molecule has 1 atom stereocenters. The molecule has 1 saturated heterocycles. The van der Waals surface area contributed by atoms with Crippen molar-refractivity contribution in [3.63, 3.8) is 0 Å². The molecule has 0 radical (unpaired) electrons. The van der Waals surface area contributed by atoms with Crippen LogP contribution in [0, 0.1) is 12.7 Å². The maximum absolute atomic E-state index is 13.1. The largest absolute Gasteiger partial charge is 0.481 e. The summed E-state index contributed by atoms with van der Waals surface area (Å²) in [5.41, 5.74) is 1.84. The number of hydrogen-bond acceptors (Lipinski definition) is 3. The van der Waals surface area contributed by atoms with Crippen LogP contribution in [0.3, 0.4) is 0 Å². The molecule has 1 fully saturated rings. The molecule has 1 N–H and O–H groups in total. The molecular formula is C18H18FNO3S. The van der Waals surface area contributed by atoms with Gasteiger partial charge in [-0.15, -0.1) is 11.3 Å². The van der Waals surface area contributed by atoms with Crippen LogP contribution in [0.5, 0.6) is 0 Å². The van der Waals surface area contributed by atoms with Gasteiger partial charge in [-0.3, -0.25) is 9.59 Å². The number of hydrogen-bond donors (Lipinski definition) is 1. The van der Waals surface area contributed by atoms with Gasteiger partial charge in [0.2, 0.25) is 0 Å². The Morgan fingerprint density at radius 3 is 2.71 bits per heavy atom. The van der Waals surface area contributed by atoms with Gasteiger partial charge < -0.3 is 10.0 Å². The van der Waals surface area contributed by atoms with Crippen LogP contribution in [-0.4, -0.2) is 34.5 Å². The van der Waals surface area contributed by atoms with E-state index in [2.05, 4.69) is 0 Å². The fraction of sp³-hybridized carbons (Fsp3) is 0.333. The van der Waals surface area contributed by atoms with Gasteiger partial charge >= 0.3 is 5.97 Å². The fourth-order valence-electron chi connectivity index (χ4n) is 3.13. The zero-order chi connectivity index (χ0) is 17.3. The monoisotopic (exact) mass is 347 g/mol. The Morgan fingerprint density at radius 2 is 2.04 bits per heavy atom. The quantitative estimate of drug-likeness (QED) is 0.911. The minimum atomic E-state index is -0.880. The van der Waals surface area contributed by atoms with Crippen molar-refractivity contribution in [1.29, 1.82) is 0 Å². The van der Waals surface area contributed by atoms with Crippen molar-refractivity contribution in [3.8, 4) is 10.4 Å². The van der Waals surface area contributed by atoms with E-state index in [-0.39, 0.29) is 24.2 Å². The molecule has 6 heteroatoms. The highest BCUT2D eigenvalue weighted by Crippen LogP contribution is 2.34. The molecule has 24 heavy (non-hydrogen) atoms. The zero-order valence-electron chi connectivity index (χ0n) is 13.3. The molecule has 2 aromatic rings. The van der Waals surface area contributed by atoms with Gasteiger partial charge in [-0.2, -0.15) is 0 Å². The first-order valence-corrected chi connectivity index (χ1v) is 8.66. The summed E-state index contributed by atoms with van der Waals surface area (Å²) in [4.78, 5) is 27.0. The van der Waals surface area contributed by atoms with Crippen LogP contribution in [-0.2, 0) is 4.79 Å². The van der Waals surface area contributed by atoms with E-state index < -0.39 is 5.97 Å². The number of rotatable bonds is 4. The third kappa shape index (κ3) is 3.33. The number of aryl methyl sites for hydroxylation is 1.